The van der Waals surface area contributed by atoms with Gasteiger partial charge in [-0.25, -0.2) is 8.42 Å². The Bertz CT molecular complexity index is 749. The van der Waals surface area contributed by atoms with Crippen LogP contribution in [0, 0.1) is 11.8 Å². The molecule has 0 aromatic rings. The molecule has 1 N–H and O–H groups in total. The normalized spacial score (nSPS) is 29.3. The molecule has 2 fully saturated rings. The SMILES string of the molecule is O=S(=O)(O)C(F)(F)C(F)(F)C(F)(F)S(=O)(=O)C1CCC2CCCCC2C1. The fraction of sp³-hybridized carbons (Fsp3) is 1.00. The minimum atomic E-state index is -6.98. The molecule has 26 heavy (non-hydrogen) atoms. The van der Waals surface area contributed by atoms with Crippen molar-refractivity contribution in [3.8, 4) is 0 Å². The lowest BCUT2D eigenvalue weighted by molar-refractivity contribution is -0.246. The van der Waals surface area contributed by atoms with Gasteiger partial charge in [-0.05, 0) is 31.1 Å². The first-order chi connectivity index (χ1) is 11.6. The summed E-state index contributed by atoms with van der Waals surface area (Å²) in [6, 6.07) is 0. The Labute approximate surface area is 146 Å². The second-order valence-electron chi connectivity index (χ2n) is 6.87. The number of rotatable bonds is 5. The summed E-state index contributed by atoms with van der Waals surface area (Å²) in [4.78, 5) is 0. The molecule has 0 saturated heterocycles. The van der Waals surface area contributed by atoms with Crippen molar-refractivity contribution in [3.63, 3.8) is 0 Å². The highest BCUT2D eigenvalue weighted by Crippen LogP contribution is 2.53. The van der Waals surface area contributed by atoms with E-state index in [1.54, 1.807) is 0 Å². The zero-order chi connectivity index (χ0) is 20.2. The summed E-state index contributed by atoms with van der Waals surface area (Å²) in [5, 5.41) is -15.0. The standard InChI is InChI=1S/C13H18F6O5S2/c14-11(15,13(18,19)26(22,23)24)12(16,17)25(20,21)10-6-5-8-3-1-2-4-9(8)7-10/h8-10H,1-7H2,(H,22,23,24). The quantitative estimate of drug-likeness (QED) is 0.531. The lowest BCUT2D eigenvalue weighted by Gasteiger charge is -2.40. The molecule has 5 nitrogen and oxygen atoms in total. The number of hydrogen-bond donors (Lipinski definition) is 1. The molecular weight excluding hydrogens is 414 g/mol. The lowest BCUT2D eigenvalue weighted by atomic mass is 9.71. The number of fused-ring (bicyclic) bond motifs is 1. The van der Waals surface area contributed by atoms with E-state index in [4.69, 9.17) is 4.55 Å². The van der Waals surface area contributed by atoms with E-state index in [1.807, 2.05) is 0 Å². The van der Waals surface area contributed by atoms with Crippen molar-refractivity contribution in [2.24, 2.45) is 11.8 Å². The smallest absolute Gasteiger partial charge is 0.281 e. The molecule has 3 unspecified atom stereocenters. The highest BCUT2D eigenvalue weighted by Gasteiger charge is 2.82. The number of hydrogen-bond acceptors (Lipinski definition) is 4. The Kier molecular flexibility index (Phi) is 5.44. The summed E-state index contributed by atoms with van der Waals surface area (Å²) in [6.07, 6.45) is 2.31. The van der Waals surface area contributed by atoms with E-state index < -0.39 is 48.1 Å². The highest BCUT2D eigenvalue weighted by molar-refractivity contribution is 7.93. The highest BCUT2D eigenvalue weighted by atomic mass is 32.2. The fourth-order valence-corrected chi connectivity index (χ4v) is 6.20. The van der Waals surface area contributed by atoms with Gasteiger partial charge >= 0.3 is 26.5 Å². The van der Waals surface area contributed by atoms with E-state index in [-0.39, 0.29) is 24.7 Å². The van der Waals surface area contributed by atoms with Crippen LogP contribution in [-0.4, -0.2) is 43.1 Å². The molecule has 3 atom stereocenters. The summed E-state index contributed by atoms with van der Waals surface area (Å²) in [6.45, 7) is 0. The first-order valence-electron chi connectivity index (χ1n) is 7.91. The largest absolute Gasteiger partial charge is 0.439 e. The number of alkyl halides is 6. The third kappa shape index (κ3) is 3.13. The van der Waals surface area contributed by atoms with E-state index in [0.29, 0.717) is 6.42 Å². The van der Waals surface area contributed by atoms with Crippen LogP contribution < -0.4 is 0 Å². The van der Waals surface area contributed by atoms with Crippen molar-refractivity contribution in [3.05, 3.63) is 0 Å². The van der Waals surface area contributed by atoms with Crippen molar-refractivity contribution >= 4 is 20.0 Å². The summed E-state index contributed by atoms with van der Waals surface area (Å²) in [7, 11) is -13.1. The molecule has 0 amide bonds. The van der Waals surface area contributed by atoms with E-state index in [2.05, 4.69) is 0 Å². The van der Waals surface area contributed by atoms with E-state index in [9.17, 15) is 43.2 Å². The Morgan fingerprint density at radius 2 is 1.23 bits per heavy atom. The van der Waals surface area contributed by atoms with Gasteiger partial charge in [0.05, 0.1) is 5.25 Å². The van der Waals surface area contributed by atoms with Crippen molar-refractivity contribution in [2.75, 3.05) is 0 Å². The molecule has 2 aliphatic rings. The lowest BCUT2D eigenvalue weighted by Crippen LogP contribution is -2.62. The van der Waals surface area contributed by atoms with Gasteiger partial charge in [0.1, 0.15) is 0 Å². The monoisotopic (exact) mass is 432 g/mol. The number of sulfone groups is 1. The van der Waals surface area contributed by atoms with Crippen LogP contribution in [0.15, 0.2) is 0 Å². The average molecular weight is 432 g/mol. The summed E-state index contributed by atoms with van der Waals surface area (Å²) in [5.74, 6) is -7.05. The molecule has 0 spiro atoms. The van der Waals surface area contributed by atoms with Crippen LogP contribution in [-0.2, 0) is 20.0 Å². The molecule has 13 heteroatoms. The summed E-state index contributed by atoms with van der Waals surface area (Å²) < 4.78 is 135. The molecule has 0 heterocycles. The molecule has 2 saturated carbocycles. The van der Waals surface area contributed by atoms with Crippen molar-refractivity contribution in [1.29, 1.82) is 0 Å². The maximum absolute atomic E-state index is 14.0. The van der Waals surface area contributed by atoms with Crippen LogP contribution in [0.3, 0.4) is 0 Å². The van der Waals surface area contributed by atoms with Crippen LogP contribution >= 0.6 is 0 Å². The van der Waals surface area contributed by atoms with E-state index in [1.165, 1.54) is 0 Å². The molecule has 0 bridgehead atoms. The van der Waals surface area contributed by atoms with Gasteiger partial charge in [0, 0.05) is 0 Å². The maximum Gasteiger partial charge on any atom is 0.439 e. The van der Waals surface area contributed by atoms with Crippen molar-refractivity contribution in [1.82, 2.24) is 0 Å². The van der Waals surface area contributed by atoms with Crippen molar-refractivity contribution in [2.45, 2.75) is 66.6 Å². The summed E-state index contributed by atoms with van der Waals surface area (Å²) in [5.41, 5.74) is 0. The van der Waals surface area contributed by atoms with Crippen LogP contribution in [0.25, 0.3) is 0 Å². The van der Waals surface area contributed by atoms with E-state index in [0.717, 1.165) is 19.3 Å². The summed E-state index contributed by atoms with van der Waals surface area (Å²) >= 11 is 0. The molecule has 0 aliphatic heterocycles. The van der Waals surface area contributed by atoms with Gasteiger partial charge in [0.2, 0.25) is 9.84 Å². The fourth-order valence-electron chi connectivity index (χ4n) is 3.83. The van der Waals surface area contributed by atoms with Gasteiger partial charge in [-0.2, -0.15) is 34.8 Å². The van der Waals surface area contributed by atoms with Crippen LogP contribution in [0.2, 0.25) is 0 Å². The van der Waals surface area contributed by atoms with E-state index >= 15 is 0 Å². The zero-order valence-corrected chi connectivity index (χ0v) is 15.0. The molecule has 154 valence electrons. The van der Waals surface area contributed by atoms with Gasteiger partial charge in [-0.1, -0.05) is 25.7 Å². The first-order valence-corrected chi connectivity index (χ1v) is 10.9. The third-order valence-electron chi connectivity index (χ3n) is 5.34. The van der Waals surface area contributed by atoms with Gasteiger partial charge in [-0.15, -0.1) is 0 Å². The Morgan fingerprint density at radius 1 is 0.731 bits per heavy atom. The predicted octanol–water partition coefficient (Wildman–Crippen LogP) is 3.47. The number of halogens is 6. The minimum absolute atomic E-state index is 0.0728. The van der Waals surface area contributed by atoms with Crippen molar-refractivity contribution < 1.29 is 47.7 Å². The average Bonchev–Trinajstić information content (AvgIpc) is 2.52. The second-order valence-corrected chi connectivity index (χ2v) is 10.6. The molecule has 2 aliphatic carbocycles. The van der Waals surface area contributed by atoms with Gasteiger partial charge < -0.3 is 0 Å². The third-order valence-corrected chi connectivity index (χ3v) is 8.52. The van der Waals surface area contributed by atoms with Crippen LogP contribution in [0.4, 0.5) is 26.3 Å². The van der Waals surface area contributed by atoms with Gasteiger partial charge in [0.25, 0.3) is 0 Å². The molecule has 2 rings (SSSR count). The Balaban J connectivity index is 2.37. The molecule has 0 radical (unpaired) electrons. The van der Waals surface area contributed by atoms with Gasteiger partial charge in [-0.3, -0.25) is 4.55 Å². The first kappa shape index (κ1) is 21.7. The zero-order valence-electron chi connectivity index (χ0n) is 13.3. The van der Waals surface area contributed by atoms with Crippen LogP contribution in [0.5, 0.6) is 0 Å². The maximum atomic E-state index is 14.0. The minimum Gasteiger partial charge on any atom is -0.281 e. The molecule has 0 aromatic heterocycles. The van der Waals surface area contributed by atoms with Gasteiger partial charge in [0.15, 0.2) is 0 Å². The van der Waals surface area contributed by atoms with Crippen LogP contribution in [0.1, 0.15) is 44.9 Å². The molecular formula is C13H18F6O5S2. The predicted molar refractivity (Wildman–Crippen MR) is 78.4 cm³/mol. The second kappa shape index (κ2) is 6.50. The topological polar surface area (TPSA) is 88.5 Å². The Morgan fingerprint density at radius 3 is 1.73 bits per heavy atom. The Hall–Kier alpha value is -0.560. The molecule has 0 aromatic carbocycles.